The van der Waals surface area contributed by atoms with Crippen LogP contribution in [-0.2, 0) is 0 Å². The lowest BCUT2D eigenvalue weighted by atomic mass is 10.1. The van der Waals surface area contributed by atoms with Crippen LogP contribution in [-0.4, -0.2) is 34.3 Å². The van der Waals surface area contributed by atoms with Gasteiger partial charge in [-0.15, -0.1) is 10.2 Å². The van der Waals surface area contributed by atoms with Crippen molar-refractivity contribution in [3.63, 3.8) is 0 Å². The second-order valence-electron chi connectivity index (χ2n) is 4.06. The second kappa shape index (κ2) is 6.08. The Morgan fingerprint density at radius 2 is 1.93 bits per heavy atom. The Kier molecular flexibility index (Phi) is 5.38. The van der Waals surface area contributed by atoms with Gasteiger partial charge in [0.2, 0.25) is 0 Å². The molecule has 0 saturated heterocycles. The zero-order valence-electron chi connectivity index (χ0n) is 9.53. The maximum atomic E-state index is 4.10. The Bertz CT molecular complexity index is 293. The summed E-state index contributed by atoms with van der Waals surface area (Å²) in [4.78, 5) is 0. The molecule has 0 aliphatic heterocycles. The van der Waals surface area contributed by atoms with Gasteiger partial charge >= 0.3 is 0 Å². The van der Waals surface area contributed by atoms with Gasteiger partial charge in [0.15, 0.2) is 8.68 Å². The van der Waals surface area contributed by atoms with Crippen LogP contribution in [0.5, 0.6) is 0 Å². The Hall–Kier alpha value is 0.220. The number of hydrogen-bond donors (Lipinski definition) is 1. The van der Waals surface area contributed by atoms with Crippen molar-refractivity contribution < 1.29 is 0 Å². The Labute approximate surface area is 104 Å². The third-order valence-corrected chi connectivity index (χ3v) is 4.58. The van der Waals surface area contributed by atoms with Gasteiger partial charge in [0.25, 0.3) is 0 Å². The van der Waals surface area contributed by atoms with Crippen molar-refractivity contribution in [1.29, 1.82) is 0 Å². The van der Waals surface area contributed by atoms with Gasteiger partial charge in [-0.3, -0.25) is 0 Å². The molecule has 15 heavy (non-hydrogen) atoms. The van der Waals surface area contributed by atoms with Crippen molar-refractivity contribution in [3.05, 3.63) is 0 Å². The van der Waals surface area contributed by atoms with Crippen molar-refractivity contribution in [2.24, 2.45) is 0 Å². The molecular weight excluding hydrogens is 246 g/mol. The predicted molar refractivity (Wildman–Crippen MR) is 70.2 cm³/mol. The second-order valence-corrected chi connectivity index (χ2v) is 7.44. The van der Waals surface area contributed by atoms with Crippen LogP contribution in [0.3, 0.4) is 0 Å². The summed E-state index contributed by atoms with van der Waals surface area (Å²) in [5, 5.41) is 11.6. The molecule has 1 N–H and O–H groups in total. The lowest BCUT2D eigenvalue weighted by Gasteiger charge is -2.19. The normalized spacial score (nSPS) is 12.0. The van der Waals surface area contributed by atoms with Gasteiger partial charge in [0.1, 0.15) is 0 Å². The molecule has 0 unspecified atom stereocenters. The molecular formula is C9H17N3S3. The first-order chi connectivity index (χ1) is 7.01. The van der Waals surface area contributed by atoms with E-state index in [2.05, 4.69) is 36.3 Å². The Morgan fingerprint density at radius 1 is 1.27 bits per heavy atom. The van der Waals surface area contributed by atoms with Crippen LogP contribution in [0.2, 0.25) is 0 Å². The molecule has 0 aliphatic carbocycles. The number of aromatic nitrogens is 2. The molecule has 0 saturated carbocycles. The van der Waals surface area contributed by atoms with E-state index in [9.17, 15) is 0 Å². The lowest BCUT2D eigenvalue weighted by Crippen LogP contribution is -2.37. The molecule has 0 fully saturated rings. The van der Waals surface area contributed by atoms with Gasteiger partial charge in [-0.2, -0.15) is 0 Å². The van der Waals surface area contributed by atoms with E-state index in [1.54, 1.807) is 34.9 Å². The van der Waals surface area contributed by atoms with Crippen LogP contribution < -0.4 is 5.32 Å². The molecule has 0 atom stereocenters. The summed E-state index contributed by atoms with van der Waals surface area (Å²) < 4.78 is 2.11. The molecule has 1 heterocycles. The fourth-order valence-electron chi connectivity index (χ4n) is 0.902. The zero-order chi connectivity index (χ0) is 11.3. The zero-order valence-corrected chi connectivity index (χ0v) is 12.0. The average molecular weight is 263 g/mol. The summed E-state index contributed by atoms with van der Waals surface area (Å²) in [6, 6.07) is 0. The number of nitrogens with zero attached hydrogens (tertiary/aromatic N) is 2. The summed E-state index contributed by atoms with van der Waals surface area (Å²) in [7, 11) is 0. The minimum absolute atomic E-state index is 0.201. The summed E-state index contributed by atoms with van der Waals surface area (Å²) in [5.74, 6) is 1.04. The van der Waals surface area contributed by atoms with Crippen LogP contribution in [0.25, 0.3) is 0 Å². The smallest absolute Gasteiger partial charge is 0.175 e. The molecule has 0 amide bonds. The third kappa shape index (κ3) is 5.75. The lowest BCUT2D eigenvalue weighted by molar-refractivity contribution is 0.441. The SMILES string of the molecule is CSc1nnc(SCCNC(C)(C)C)s1. The maximum Gasteiger partial charge on any atom is 0.175 e. The largest absolute Gasteiger partial charge is 0.311 e. The van der Waals surface area contributed by atoms with Crippen molar-refractivity contribution >= 4 is 34.9 Å². The number of nitrogens with one attached hydrogen (secondary N) is 1. The maximum absolute atomic E-state index is 4.10. The van der Waals surface area contributed by atoms with Gasteiger partial charge in [-0.05, 0) is 27.0 Å². The molecule has 0 spiro atoms. The van der Waals surface area contributed by atoms with Gasteiger partial charge in [-0.1, -0.05) is 34.9 Å². The van der Waals surface area contributed by atoms with Crippen molar-refractivity contribution in [1.82, 2.24) is 15.5 Å². The molecule has 86 valence electrons. The van der Waals surface area contributed by atoms with E-state index in [1.165, 1.54) is 0 Å². The monoisotopic (exact) mass is 263 g/mol. The molecule has 1 aromatic rings. The van der Waals surface area contributed by atoms with E-state index >= 15 is 0 Å². The topological polar surface area (TPSA) is 37.8 Å². The van der Waals surface area contributed by atoms with E-state index < -0.39 is 0 Å². The van der Waals surface area contributed by atoms with Crippen LogP contribution in [0, 0.1) is 0 Å². The molecule has 0 aromatic carbocycles. The molecule has 0 bridgehead atoms. The van der Waals surface area contributed by atoms with Crippen LogP contribution in [0.15, 0.2) is 8.68 Å². The summed E-state index contributed by atoms with van der Waals surface area (Å²) in [6.07, 6.45) is 2.02. The molecule has 3 nitrogen and oxygen atoms in total. The molecule has 0 aliphatic rings. The van der Waals surface area contributed by atoms with Gasteiger partial charge in [0, 0.05) is 17.8 Å². The predicted octanol–water partition coefficient (Wildman–Crippen LogP) is 2.74. The first kappa shape index (κ1) is 13.3. The highest BCUT2D eigenvalue weighted by atomic mass is 32.2. The molecule has 0 radical (unpaired) electrons. The average Bonchev–Trinajstić information content (AvgIpc) is 2.59. The van der Waals surface area contributed by atoms with E-state index in [4.69, 9.17) is 0 Å². The van der Waals surface area contributed by atoms with E-state index in [-0.39, 0.29) is 5.54 Å². The number of rotatable bonds is 5. The summed E-state index contributed by atoms with van der Waals surface area (Å²) in [6.45, 7) is 7.53. The van der Waals surface area contributed by atoms with Crippen molar-refractivity contribution in [2.75, 3.05) is 18.6 Å². The van der Waals surface area contributed by atoms with Gasteiger partial charge in [-0.25, -0.2) is 0 Å². The standard InChI is InChI=1S/C9H17N3S3/c1-9(2,3)10-5-6-14-8-12-11-7(13-4)15-8/h10H,5-6H2,1-4H3. The number of hydrogen-bond acceptors (Lipinski definition) is 6. The number of thioether (sulfide) groups is 2. The fourth-order valence-corrected chi connectivity index (χ4v) is 3.27. The molecule has 1 aromatic heterocycles. The highest BCUT2D eigenvalue weighted by molar-refractivity contribution is 8.02. The van der Waals surface area contributed by atoms with E-state index in [0.717, 1.165) is 21.0 Å². The quantitative estimate of drug-likeness (QED) is 0.653. The fraction of sp³-hybridized carbons (Fsp3) is 0.778. The van der Waals surface area contributed by atoms with Crippen LogP contribution >= 0.6 is 34.9 Å². The minimum Gasteiger partial charge on any atom is -0.311 e. The summed E-state index contributed by atoms with van der Waals surface area (Å²) >= 11 is 5.08. The molecule has 1 rings (SSSR count). The third-order valence-electron chi connectivity index (χ3n) is 1.55. The highest BCUT2D eigenvalue weighted by Gasteiger charge is 2.08. The van der Waals surface area contributed by atoms with Crippen molar-refractivity contribution in [2.45, 2.75) is 35.0 Å². The first-order valence-electron chi connectivity index (χ1n) is 4.76. The molecule has 6 heteroatoms. The van der Waals surface area contributed by atoms with Crippen molar-refractivity contribution in [3.8, 4) is 0 Å². The minimum atomic E-state index is 0.201. The van der Waals surface area contributed by atoms with Gasteiger partial charge in [0.05, 0.1) is 0 Å². The van der Waals surface area contributed by atoms with E-state index in [1.807, 2.05) is 6.26 Å². The van der Waals surface area contributed by atoms with Crippen LogP contribution in [0.4, 0.5) is 0 Å². The summed E-state index contributed by atoms with van der Waals surface area (Å²) in [5.41, 5.74) is 0.201. The van der Waals surface area contributed by atoms with Crippen LogP contribution in [0.1, 0.15) is 20.8 Å². The first-order valence-corrected chi connectivity index (χ1v) is 7.79. The Morgan fingerprint density at radius 3 is 2.47 bits per heavy atom. The highest BCUT2D eigenvalue weighted by Crippen LogP contribution is 2.26. The Balaban J connectivity index is 2.20. The van der Waals surface area contributed by atoms with E-state index in [0.29, 0.717) is 0 Å². The van der Waals surface area contributed by atoms with Gasteiger partial charge < -0.3 is 5.32 Å².